The summed E-state index contributed by atoms with van der Waals surface area (Å²) in [6.45, 7) is 1.11. The number of likely N-dealkylation sites (tertiary alicyclic amines) is 1. The standard InChI is InChI=1S/C24H26N4O4S.C2HF3O2/c1-32-22-7-5-20-13-23(8-6-19(20)12-22)33(30,31)27-15-21-9-10-28(24(21)29)16-18-4-2-3-17(11-18)14-26-25;3-2(4,5)1(6)7/h2-8,11-14,21,27H,9-10,15-16,25H2,1H3;(H,6,7)/t21-;/m0./s1. The van der Waals surface area contributed by atoms with Crippen LogP contribution in [0.5, 0.6) is 5.75 Å². The van der Waals surface area contributed by atoms with Crippen molar-refractivity contribution in [2.75, 3.05) is 20.2 Å². The van der Waals surface area contributed by atoms with Gasteiger partial charge in [0.2, 0.25) is 15.9 Å². The lowest BCUT2D eigenvalue weighted by Gasteiger charge is -2.17. The Kier molecular flexibility index (Phi) is 9.71. The lowest BCUT2D eigenvalue weighted by molar-refractivity contribution is -0.192. The van der Waals surface area contributed by atoms with E-state index in [1.165, 1.54) is 0 Å². The Labute approximate surface area is 228 Å². The van der Waals surface area contributed by atoms with E-state index in [-0.39, 0.29) is 17.3 Å². The van der Waals surface area contributed by atoms with Crippen LogP contribution in [0.1, 0.15) is 17.5 Å². The minimum atomic E-state index is -5.08. The van der Waals surface area contributed by atoms with E-state index in [9.17, 15) is 26.4 Å². The van der Waals surface area contributed by atoms with Crippen molar-refractivity contribution in [2.45, 2.75) is 24.0 Å². The summed E-state index contributed by atoms with van der Waals surface area (Å²) in [6, 6.07) is 18.0. The van der Waals surface area contributed by atoms with Crippen molar-refractivity contribution in [3.05, 3.63) is 71.8 Å². The second-order valence-electron chi connectivity index (χ2n) is 8.80. The van der Waals surface area contributed by atoms with Crippen molar-refractivity contribution in [3.8, 4) is 5.75 Å². The predicted molar refractivity (Wildman–Crippen MR) is 141 cm³/mol. The number of benzene rings is 3. The van der Waals surface area contributed by atoms with Crippen LogP contribution in [0.4, 0.5) is 13.2 Å². The number of carboxylic acids is 1. The van der Waals surface area contributed by atoms with Crippen molar-refractivity contribution < 1.29 is 41.0 Å². The quantitative estimate of drug-likeness (QED) is 0.210. The predicted octanol–water partition coefficient (Wildman–Crippen LogP) is 3.10. The van der Waals surface area contributed by atoms with Crippen LogP contribution >= 0.6 is 0 Å². The fourth-order valence-corrected chi connectivity index (χ4v) is 5.13. The number of hydrogen-bond acceptors (Lipinski definition) is 7. The van der Waals surface area contributed by atoms with E-state index < -0.39 is 28.1 Å². The highest BCUT2D eigenvalue weighted by Gasteiger charge is 2.38. The number of methoxy groups -OCH3 is 1. The van der Waals surface area contributed by atoms with Gasteiger partial charge in [-0.2, -0.15) is 18.3 Å². The molecule has 3 aromatic rings. The van der Waals surface area contributed by atoms with Crippen LogP contribution in [-0.2, 0) is 26.2 Å². The van der Waals surface area contributed by atoms with E-state index in [1.54, 1.807) is 42.5 Å². The fourth-order valence-electron chi connectivity index (χ4n) is 4.02. The maximum Gasteiger partial charge on any atom is 0.490 e. The third kappa shape index (κ3) is 7.93. The molecule has 0 radical (unpaired) electrons. The molecule has 1 fully saturated rings. The number of carbonyl (C=O) groups excluding carboxylic acids is 1. The van der Waals surface area contributed by atoms with Gasteiger partial charge in [0.15, 0.2) is 0 Å². The van der Waals surface area contributed by atoms with Gasteiger partial charge in [-0.05, 0) is 58.7 Å². The number of amides is 1. The average molecular weight is 581 g/mol. The van der Waals surface area contributed by atoms with Crippen LogP contribution in [0, 0.1) is 5.92 Å². The molecule has 40 heavy (non-hydrogen) atoms. The Balaban J connectivity index is 0.000000559. The monoisotopic (exact) mass is 580 g/mol. The topological polar surface area (TPSA) is 151 Å². The van der Waals surface area contributed by atoms with Gasteiger partial charge in [0, 0.05) is 19.6 Å². The molecule has 0 aliphatic carbocycles. The second kappa shape index (κ2) is 12.8. The maximum atomic E-state index is 12.9. The number of nitrogens with two attached hydrogens (primary N) is 1. The summed E-state index contributed by atoms with van der Waals surface area (Å²) in [5.74, 6) is 2.71. The van der Waals surface area contributed by atoms with Crippen LogP contribution in [0.3, 0.4) is 0 Å². The molecule has 0 saturated carbocycles. The van der Waals surface area contributed by atoms with Gasteiger partial charge in [0.25, 0.3) is 0 Å². The first kappa shape index (κ1) is 30.4. The number of fused-ring (bicyclic) bond motifs is 1. The number of rotatable bonds is 8. The number of carbonyl (C=O) groups is 2. The largest absolute Gasteiger partial charge is 0.497 e. The number of carboxylic acid groups (broad SMARTS) is 1. The molecule has 0 bridgehead atoms. The number of hydrazone groups is 1. The molecule has 3 aromatic carbocycles. The summed E-state index contributed by atoms with van der Waals surface area (Å²) >= 11 is 0. The fraction of sp³-hybridized carbons (Fsp3) is 0.269. The molecular weight excluding hydrogens is 553 g/mol. The van der Waals surface area contributed by atoms with Crippen LogP contribution in [0.25, 0.3) is 10.8 Å². The molecule has 1 aliphatic heterocycles. The number of nitrogens with zero attached hydrogens (tertiary/aromatic N) is 2. The van der Waals surface area contributed by atoms with Crippen LogP contribution < -0.4 is 15.3 Å². The zero-order valence-corrected chi connectivity index (χ0v) is 22.1. The highest BCUT2D eigenvalue weighted by Crippen LogP contribution is 2.25. The van der Waals surface area contributed by atoms with Gasteiger partial charge in [-0.3, -0.25) is 4.79 Å². The third-order valence-electron chi connectivity index (χ3n) is 6.05. The van der Waals surface area contributed by atoms with Crippen LogP contribution in [-0.4, -0.2) is 62.9 Å². The Morgan fingerprint density at radius 3 is 2.50 bits per heavy atom. The van der Waals surface area contributed by atoms with Gasteiger partial charge >= 0.3 is 12.1 Å². The van der Waals surface area contributed by atoms with Crippen LogP contribution in [0.15, 0.2) is 70.7 Å². The normalized spacial score (nSPS) is 15.8. The average Bonchev–Trinajstić information content (AvgIpc) is 3.25. The molecule has 214 valence electrons. The highest BCUT2D eigenvalue weighted by molar-refractivity contribution is 7.89. The van der Waals surface area contributed by atoms with Gasteiger partial charge in [-0.25, -0.2) is 17.9 Å². The molecule has 4 N–H and O–H groups in total. The van der Waals surface area contributed by atoms with Crippen molar-refractivity contribution >= 4 is 38.9 Å². The molecule has 0 aromatic heterocycles. The summed E-state index contributed by atoms with van der Waals surface area (Å²) in [4.78, 5) is 23.7. The molecule has 1 saturated heterocycles. The molecule has 1 atom stereocenters. The lowest BCUT2D eigenvalue weighted by atomic mass is 10.1. The SMILES string of the molecule is COc1ccc2cc(S(=O)(=O)NC[C@@H]3CCN(Cc4cccc(C=NN)c4)C3=O)ccc2c1.O=C(O)C(F)(F)F. The van der Waals surface area contributed by atoms with E-state index >= 15 is 0 Å². The Morgan fingerprint density at radius 1 is 1.18 bits per heavy atom. The molecule has 14 heteroatoms. The van der Waals surface area contributed by atoms with Crippen molar-refractivity contribution in [1.29, 1.82) is 0 Å². The first-order chi connectivity index (χ1) is 18.8. The molecule has 1 heterocycles. The lowest BCUT2D eigenvalue weighted by Crippen LogP contribution is -2.34. The van der Waals surface area contributed by atoms with Gasteiger partial charge in [-0.1, -0.05) is 30.3 Å². The summed E-state index contributed by atoms with van der Waals surface area (Å²) in [7, 11) is -2.16. The molecule has 0 spiro atoms. The molecule has 0 unspecified atom stereocenters. The first-order valence-electron chi connectivity index (χ1n) is 11.8. The van der Waals surface area contributed by atoms with Gasteiger partial charge in [0.05, 0.1) is 24.1 Å². The number of alkyl halides is 3. The zero-order valence-electron chi connectivity index (χ0n) is 21.3. The third-order valence-corrected chi connectivity index (χ3v) is 7.47. The maximum absolute atomic E-state index is 12.9. The van der Waals surface area contributed by atoms with Gasteiger partial charge in [0.1, 0.15) is 5.75 Å². The summed E-state index contributed by atoms with van der Waals surface area (Å²) in [5, 5.41) is 12.3. The molecule has 4 rings (SSSR count). The first-order valence-corrected chi connectivity index (χ1v) is 13.3. The number of sulfonamides is 1. The highest BCUT2D eigenvalue weighted by atomic mass is 32.2. The second-order valence-corrected chi connectivity index (χ2v) is 10.6. The summed E-state index contributed by atoms with van der Waals surface area (Å²) < 4.78 is 65.3. The number of halogens is 3. The Bertz CT molecular complexity index is 1510. The summed E-state index contributed by atoms with van der Waals surface area (Å²) in [6.07, 6.45) is -2.93. The van der Waals surface area contributed by atoms with Crippen molar-refractivity contribution in [3.63, 3.8) is 0 Å². The number of nitrogens with one attached hydrogen (secondary N) is 1. The van der Waals surface area contributed by atoms with Crippen LogP contribution in [0.2, 0.25) is 0 Å². The molecule has 1 aliphatic rings. The van der Waals surface area contributed by atoms with Gasteiger partial charge < -0.3 is 20.6 Å². The number of ether oxygens (including phenoxy) is 1. The Hall–Kier alpha value is -4.17. The minimum Gasteiger partial charge on any atom is -0.497 e. The minimum absolute atomic E-state index is 0.0544. The molecule has 1 amide bonds. The van der Waals surface area contributed by atoms with E-state index in [0.29, 0.717) is 25.3 Å². The molecule has 10 nitrogen and oxygen atoms in total. The van der Waals surface area contributed by atoms with E-state index in [4.69, 9.17) is 20.5 Å². The van der Waals surface area contributed by atoms with E-state index in [1.807, 2.05) is 36.4 Å². The summed E-state index contributed by atoms with van der Waals surface area (Å²) in [5.41, 5.74) is 1.83. The van der Waals surface area contributed by atoms with E-state index in [2.05, 4.69) is 9.82 Å². The van der Waals surface area contributed by atoms with Crippen molar-refractivity contribution in [1.82, 2.24) is 9.62 Å². The molecular formula is C26H27F3N4O6S. The van der Waals surface area contributed by atoms with Gasteiger partial charge in [-0.15, -0.1) is 0 Å². The number of aliphatic carboxylic acids is 1. The van der Waals surface area contributed by atoms with Crippen molar-refractivity contribution in [2.24, 2.45) is 16.9 Å². The van der Waals surface area contributed by atoms with E-state index in [0.717, 1.165) is 21.9 Å². The zero-order chi connectivity index (χ0) is 29.5. The number of hydrogen-bond donors (Lipinski definition) is 3. The smallest absolute Gasteiger partial charge is 0.490 e. The Morgan fingerprint density at radius 2 is 1.85 bits per heavy atom.